The number of H-pyrrole nitrogens is 1. The predicted molar refractivity (Wildman–Crippen MR) is 134 cm³/mol. The van der Waals surface area contributed by atoms with Crippen molar-refractivity contribution in [2.75, 3.05) is 26.2 Å². The van der Waals surface area contributed by atoms with Gasteiger partial charge < -0.3 is 9.88 Å². The van der Waals surface area contributed by atoms with Crippen LogP contribution in [-0.4, -0.2) is 51.4 Å². The SMILES string of the molecule is O=C(CCn1c(=S)[nH]c2ccccc2c1=O)N1CCN(Cc2cccc3ccccc23)CC1. The van der Waals surface area contributed by atoms with Crippen LogP contribution in [0.15, 0.2) is 71.5 Å². The number of rotatable bonds is 5. The summed E-state index contributed by atoms with van der Waals surface area (Å²) in [5, 5.41) is 3.13. The molecule has 1 fully saturated rings. The lowest BCUT2D eigenvalue weighted by Gasteiger charge is -2.35. The van der Waals surface area contributed by atoms with E-state index in [2.05, 4.69) is 52.3 Å². The number of carbonyl (C=O) groups is 1. The van der Waals surface area contributed by atoms with Crippen molar-refractivity contribution in [2.24, 2.45) is 0 Å². The number of piperazine rings is 1. The molecule has 6 nitrogen and oxygen atoms in total. The van der Waals surface area contributed by atoms with Gasteiger partial charge >= 0.3 is 0 Å². The molecule has 168 valence electrons. The average Bonchev–Trinajstić information content (AvgIpc) is 2.84. The van der Waals surface area contributed by atoms with Crippen molar-refractivity contribution in [3.05, 3.63) is 87.4 Å². The number of carbonyl (C=O) groups excluding carboxylic acids is 1. The molecular formula is C26H26N4O2S. The van der Waals surface area contributed by atoms with Gasteiger partial charge in [-0.1, -0.05) is 54.6 Å². The van der Waals surface area contributed by atoms with E-state index >= 15 is 0 Å². The Bertz CT molecular complexity index is 1430. The Morgan fingerprint density at radius 3 is 2.39 bits per heavy atom. The van der Waals surface area contributed by atoms with Crippen LogP contribution >= 0.6 is 12.2 Å². The number of nitrogens with one attached hydrogen (secondary N) is 1. The predicted octanol–water partition coefficient (Wildman–Crippen LogP) is 3.95. The summed E-state index contributed by atoms with van der Waals surface area (Å²) in [5.74, 6) is 0.0641. The third kappa shape index (κ3) is 4.47. The number of nitrogens with zero attached hydrogens (tertiary/aromatic N) is 3. The first kappa shape index (κ1) is 21.6. The van der Waals surface area contributed by atoms with Crippen LogP contribution in [0.4, 0.5) is 0 Å². The first-order valence-corrected chi connectivity index (χ1v) is 11.7. The fourth-order valence-corrected chi connectivity index (χ4v) is 4.88. The van der Waals surface area contributed by atoms with Gasteiger partial charge in [0, 0.05) is 45.7 Å². The summed E-state index contributed by atoms with van der Waals surface area (Å²) in [6.45, 7) is 4.24. The monoisotopic (exact) mass is 458 g/mol. The number of para-hydroxylation sites is 1. The van der Waals surface area contributed by atoms with E-state index in [4.69, 9.17) is 12.2 Å². The summed E-state index contributed by atoms with van der Waals surface area (Å²) in [4.78, 5) is 33.0. The smallest absolute Gasteiger partial charge is 0.262 e. The fourth-order valence-electron chi connectivity index (χ4n) is 4.59. The van der Waals surface area contributed by atoms with Gasteiger partial charge in [-0.05, 0) is 40.7 Å². The maximum Gasteiger partial charge on any atom is 0.262 e. The van der Waals surface area contributed by atoms with Gasteiger partial charge in [-0.25, -0.2) is 0 Å². The molecule has 0 radical (unpaired) electrons. The Morgan fingerprint density at radius 1 is 0.879 bits per heavy atom. The van der Waals surface area contributed by atoms with E-state index in [0.29, 0.717) is 23.2 Å². The van der Waals surface area contributed by atoms with Gasteiger partial charge in [0.2, 0.25) is 5.91 Å². The van der Waals surface area contributed by atoms with Crippen LogP contribution < -0.4 is 5.56 Å². The van der Waals surface area contributed by atoms with Gasteiger partial charge in [-0.2, -0.15) is 0 Å². The second-order valence-corrected chi connectivity index (χ2v) is 8.86. The second kappa shape index (κ2) is 9.29. The largest absolute Gasteiger partial charge is 0.340 e. The van der Waals surface area contributed by atoms with Gasteiger partial charge in [0.05, 0.1) is 10.9 Å². The molecule has 0 saturated carbocycles. The lowest BCUT2D eigenvalue weighted by atomic mass is 10.0. The third-order valence-electron chi connectivity index (χ3n) is 6.44. The van der Waals surface area contributed by atoms with Crippen molar-refractivity contribution < 1.29 is 4.79 Å². The molecule has 7 heteroatoms. The van der Waals surface area contributed by atoms with Crippen molar-refractivity contribution in [1.82, 2.24) is 19.4 Å². The van der Waals surface area contributed by atoms with Gasteiger partial charge in [0.25, 0.3) is 5.56 Å². The van der Waals surface area contributed by atoms with Crippen molar-refractivity contribution in [2.45, 2.75) is 19.5 Å². The highest BCUT2D eigenvalue weighted by atomic mass is 32.1. The van der Waals surface area contributed by atoms with Crippen molar-refractivity contribution >= 4 is 39.8 Å². The van der Waals surface area contributed by atoms with Crippen molar-refractivity contribution in [1.29, 1.82) is 0 Å². The summed E-state index contributed by atoms with van der Waals surface area (Å²) >= 11 is 5.36. The first-order chi connectivity index (χ1) is 16.1. The van der Waals surface area contributed by atoms with Crippen LogP contribution in [0.2, 0.25) is 0 Å². The molecule has 2 heterocycles. The topological polar surface area (TPSA) is 61.3 Å². The zero-order valence-corrected chi connectivity index (χ0v) is 19.2. The number of amides is 1. The zero-order chi connectivity index (χ0) is 22.8. The van der Waals surface area contributed by atoms with Crippen LogP contribution in [0.3, 0.4) is 0 Å². The van der Waals surface area contributed by atoms with Crippen molar-refractivity contribution in [3.8, 4) is 0 Å². The lowest BCUT2D eigenvalue weighted by molar-refractivity contribution is -0.133. The van der Waals surface area contributed by atoms with E-state index < -0.39 is 0 Å². The van der Waals surface area contributed by atoms with Gasteiger partial charge in [0.1, 0.15) is 0 Å². The highest BCUT2D eigenvalue weighted by molar-refractivity contribution is 7.71. The van der Waals surface area contributed by atoms with E-state index in [1.54, 1.807) is 6.07 Å². The quantitative estimate of drug-likeness (QED) is 0.460. The molecule has 0 spiro atoms. The number of benzene rings is 3. The van der Waals surface area contributed by atoms with Crippen LogP contribution in [0.5, 0.6) is 0 Å². The standard InChI is InChI=1S/C26H26N4O2S/c31-24(12-13-30-25(32)22-10-3-4-11-23(22)27-26(30)33)29-16-14-28(15-17-29)18-20-8-5-7-19-6-1-2-9-21(19)20/h1-11H,12-18H2,(H,27,33). The van der Waals surface area contributed by atoms with Crippen LogP contribution in [0.25, 0.3) is 21.7 Å². The summed E-state index contributed by atoms with van der Waals surface area (Å²) in [6.07, 6.45) is 0.263. The number of fused-ring (bicyclic) bond motifs is 2. The minimum absolute atomic E-state index is 0.0641. The minimum atomic E-state index is -0.151. The number of aromatic amines is 1. The Labute approximate surface area is 197 Å². The molecule has 1 saturated heterocycles. The minimum Gasteiger partial charge on any atom is -0.340 e. The maximum atomic E-state index is 12.8. The molecule has 1 aliphatic heterocycles. The third-order valence-corrected chi connectivity index (χ3v) is 6.76. The van der Waals surface area contributed by atoms with E-state index in [1.807, 2.05) is 23.1 Å². The molecule has 1 N–H and O–H groups in total. The van der Waals surface area contributed by atoms with Crippen LogP contribution in [0.1, 0.15) is 12.0 Å². The molecule has 4 aromatic rings. The van der Waals surface area contributed by atoms with E-state index in [-0.39, 0.29) is 24.4 Å². The normalized spacial score (nSPS) is 14.7. The van der Waals surface area contributed by atoms with Gasteiger partial charge in [-0.3, -0.25) is 19.1 Å². The van der Waals surface area contributed by atoms with E-state index in [9.17, 15) is 9.59 Å². The van der Waals surface area contributed by atoms with Gasteiger partial charge in [-0.15, -0.1) is 0 Å². The number of aromatic nitrogens is 2. The zero-order valence-electron chi connectivity index (χ0n) is 18.4. The molecule has 0 bridgehead atoms. The average molecular weight is 459 g/mol. The van der Waals surface area contributed by atoms with E-state index in [1.165, 1.54) is 20.9 Å². The molecular weight excluding hydrogens is 432 g/mol. The van der Waals surface area contributed by atoms with Crippen molar-refractivity contribution in [3.63, 3.8) is 0 Å². The molecule has 1 amide bonds. The maximum absolute atomic E-state index is 12.8. The highest BCUT2D eigenvalue weighted by Crippen LogP contribution is 2.20. The molecule has 1 aromatic heterocycles. The molecule has 0 unspecified atom stereocenters. The summed E-state index contributed by atoms with van der Waals surface area (Å²) in [5.41, 5.74) is 1.89. The van der Waals surface area contributed by atoms with Gasteiger partial charge in [0.15, 0.2) is 4.77 Å². The highest BCUT2D eigenvalue weighted by Gasteiger charge is 2.21. The summed E-state index contributed by atoms with van der Waals surface area (Å²) in [7, 11) is 0. The Balaban J connectivity index is 1.20. The number of hydrogen-bond acceptors (Lipinski definition) is 4. The molecule has 0 aliphatic carbocycles. The molecule has 1 aliphatic rings. The fraction of sp³-hybridized carbons (Fsp3) is 0.269. The Hall–Kier alpha value is -3.29. The molecule has 3 aromatic carbocycles. The Kier molecular flexibility index (Phi) is 6.07. The molecule has 33 heavy (non-hydrogen) atoms. The molecule has 0 atom stereocenters. The van der Waals surface area contributed by atoms with Crippen LogP contribution in [0, 0.1) is 4.77 Å². The van der Waals surface area contributed by atoms with Crippen LogP contribution in [-0.2, 0) is 17.9 Å². The summed E-state index contributed by atoms with van der Waals surface area (Å²) < 4.78 is 1.85. The first-order valence-electron chi connectivity index (χ1n) is 11.3. The molecule has 5 rings (SSSR count). The lowest BCUT2D eigenvalue weighted by Crippen LogP contribution is -2.48. The second-order valence-electron chi connectivity index (χ2n) is 8.48. The summed E-state index contributed by atoms with van der Waals surface area (Å²) in [6, 6.07) is 22.2. The number of hydrogen-bond donors (Lipinski definition) is 1. The Morgan fingerprint density at radius 2 is 1.58 bits per heavy atom. The van der Waals surface area contributed by atoms with E-state index in [0.717, 1.165) is 25.2 Å².